The first-order valence-corrected chi connectivity index (χ1v) is 10.9. The van der Waals surface area contributed by atoms with Crippen LogP contribution in [0.4, 0.5) is 0 Å². The minimum absolute atomic E-state index is 0.0660. The van der Waals surface area contributed by atoms with E-state index in [0.29, 0.717) is 28.4 Å². The molecular formula is C27H25NO7. The highest BCUT2D eigenvalue weighted by atomic mass is 16.7. The van der Waals surface area contributed by atoms with Gasteiger partial charge in [-0.25, -0.2) is 4.79 Å². The van der Waals surface area contributed by atoms with Crippen LogP contribution < -0.4 is 14.2 Å². The maximum atomic E-state index is 13.3. The number of phenols is 1. The predicted octanol–water partition coefficient (Wildman–Crippen LogP) is 3.87. The van der Waals surface area contributed by atoms with Crippen LogP contribution in [-0.4, -0.2) is 46.9 Å². The average molecular weight is 475 g/mol. The van der Waals surface area contributed by atoms with Gasteiger partial charge in [0.15, 0.2) is 11.5 Å². The molecule has 8 heteroatoms. The van der Waals surface area contributed by atoms with E-state index in [9.17, 15) is 19.8 Å². The number of ether oxygens (including phenoxy) is 3. The van der Waals surface area contributed by atoms with Crippen LogP contribution in [-0.2, 0) is 22.6 Å². The SMILES string of the molecule is COc1cccc(CN(C(=O)/C=C/c2ccc3c(c2)OCO3)[C@@H](Cc2ccc(O)cc2)C(=O)O)c1. The van der Waals surface area contributed by atoms with Crippen molar-refractivity contribution in [1.82, 2.24) is 4.90 Å². The Morgan fingerprint density at radius 1 is 1.03 bits per heavy atom. The molecule has 0 aliphatic carbocycles. The summed E-state index contributed by atoms with van der Waals surface area (Å²) in [4.78, 5) is 27.0. The van der Waals surface area contributed by atoms with Crippen LogP contribution in [0.1, 0.15) is 16.7 Å². The number of carbonyl (C=O) groups is 2. The van der Waals surface area contributed by atoms with Crippen LogP contribution in [0.15, 0.2) is 72.8 Å². The number of carbonyl (C=O) groups excluding carboxylic acids is 1. The number of carboxylic acid groups (broad SMARTS) is 1. The Hall–Kier alpha value is -4.46. The molecule has 3 aromatic rings. The molecule has 1 aliphatic heterocycles. The van der Waals surface area contributed by atoms with Gasteiger partial charge in [-0.2, -0.15) is 0 Å². The Bertz CT molecular complexity index is 1240. The third-order valence-electron chi connectivity index (χ3n) is 5.61. The second-order valence-corrected chi connectivity index (χ2v) is 7.99. The van der Waals surface area contributed by atoms with E-state index in [2.05, 4.69) is 0 Å². The quantitative estimate of drug-likeness (QED) is 0.453. The van der Waals surface area contributed by atoms with Crippen molar-refractivity contribution >= 4 is 18.0 Å². The molecule has 0 saturated heterocycles. The minimum atomic E-state index is -1.14. The lowest BCUT2D eigenvalue weighted by atomic mass is 10.0. The molecule has 35 heavy (non-hydrogen) atoms. The number of aromatic hydroxyl groups is 1. The number of nitrogens with zero attached hydrogens (tertiary/aromatic N) is 1. The predicted molar refractivity (Wildman–Crippen MR) is 128 cm³/mol. The van der Waals surface area contributed by atoms with Crippen molar-refractivity contribution in [3.8, 4) is 23.0 Å². The zero-order valence-electron chi connectivity index (χ0n) is 19.1. The monoisotopic (exact) mass is 475 g/mol. The molecule has 0 saturated carbocycles. The van der Waals surface area contributed by atoms with Crippen molar-refractivity contribution < 1.29 is 34.0 Å². The van der Waals surface area contributed by atoms with Gasteiger partial charge in [-0.1, -0.05) is 30.3 Å². The summed E-state index contributed by atoms with van der Waals surface area (Å²) in [6.07, 6.45) is 3.04. The summed E-state index contributed by atoms with van der Waals surface area (Å²) < 4.78 is 16.0. The molecule has 0 aromatic heterocycles. The van der Waals surface area contributed by atoms with Gasteiger partial charge in [-0.3, -0.25) is 4.79 Å². The fraction of sp³-hybridized carbons (Fsp3) is 0.185. The normalized spacial score (nSPS) is 12.9. The maximum Gasteiger partial charge on any atom is 0.326 e. The van der Waals surface area contributed by atoms with Gasteiger partial charge in [0.25, 0.3) is 0 Å². The number of methoxy groups -OCH3 is 1. The van der Waals surface area contributed by atoms with Crippen molar-refractivity contribution in [2.24, 2.45) is 0 Å². The topological polar surface area (TPSA) is 106 Å². The van der Waals surface area contributed by atoms with E-state index >= 15 is 0 Å². The molecule has 4 rings (SSSR count). The van der Waals surface area contributed by atoms with Gasteiger partial charge in [0.1, 0.15) is 17.5 Å². The smallest absolute Gasteiger partial charge is 0.326 e. The van der Waals surface area contributed by atoms with Crippen LogP contribution in [0.25, 0.3) is 6.08 Å². The van der Waals surface area contributed by atoms with Crippen LogP contribution >= 0.6 is 0 Å². The van der Waals surface area contributed by atoms with Crippen LogP contribution in [0, 0.1) is 0 Å². The fourth-order valence-corrected chi connectivity index (χ4v) is 3.78. The lowest BCUT2D eigenvalue weighted by Gasteiger charge is -2.28. The number of aliphatic carboxylic acids is 1. The Morgan fingerprint density at radius 2 is 1.80 bits per heavy atom. The number of carboxylic acids is 1. The molecule has 180 valence electrons. The molecule has 3 aromatic carbocycles. The number of rotatable bonds is 9. The largest absolute Gasteiger partial charge is 0.508 e. The zero-order chi connectivity index (χ0) is 24.8. The zero-order valence-corrected chi connectivity index (χ0v) is 19.1. The van der Waals surface area contributed by atoms with Crippen LogP contribution in [0.3, 0.4) is 0 Å². The van der Waals surface area contributed by atoms with Crippen molar-refractivity contribution in [2.75, 3.05) is 13.9 Å². The lowest BCUT2D eigenvalue weighted by Crippen LogP contribution is -2.45. The summed E-state index contributed by atoms with van der Waals surface area (Å²) in [5, 5.41) is 19.6. The average Bonchev–Trinajstić information content (AvgIpc) is 3.34. The van der Waals surface area contributed by atoms with Gasteiger partial charge >= 0.3 is 5.97 Å². The summed E-state index contributed by atoms with van der Waals surface area (Å²) in [5.41, 5.74) is 2.12. The van der Waals surface area contributed by atoms with Crippen molar-refractivity contribution in [3.05, 3.63) is 89.5 Å². The Morgan fingerprint density at radius 3 is 2.54 bits per heavy atom. The molecule has 1 aliphatic rings. The van der Waals surface area contributed by atoms with Gasteiger partial charge in [-0.15, -0.1) is 0 Å². The third-order valence-corrected chi connectivity index (χ3v) is 5.61. The molecule has 0 radical (unpaired) electrons. The molecule has 1 amide bonds. The van der Waals surface area contributed by atoms with Crippen molar-refractivity contribution in [1.29, 1.82) is 0 Å². The first-order valence-electron chi connectivity index (χ1n) is 10.9. The second-order valence-electron chi connectivity index (χ2n) is 7.99. The number of hydrogen-bond donors (Lipinski definition) is 2. The van der Waals surface area contributed by atoms with E-state index in [1.54, 1.807) is 61.7 Å². The highest BCUT2D eigenvalue weighted by Gasteiger charge is 2.29. The number of amides is 1. The summed E-state index contributed by atoms with van der Waals surface area (Å²) >= 11 is 0. The molecular weight excluding hydrogens is 450 g/mol. The van der Waals surface area contributed by atoms with E-state index in [-0.39, 0.29) is 25.5 Å². The molecule has 1 heterocycles. The summed E-state index contributed by atoms with van der Waals surface area (Å²) in [6.45, 7) is 0.212. The highest BCUT2D eigenvalue weighted by molar-refractivity contribution is 5.94. The lowest BCUT2D eigenvalue weighted by molar-refractivity contribution is -0.148. The molecule has 0 unspecified atom stereocenters. The Balaban J connectivity index is 1.62. The third kappa shape index (κ3) is 5.92. The second kappa shape index (κ2) is 10.6. The molecule has 1 atom stereocenters. The van der Waals surface area contributed by atoms with E-state index in [1.807, 2.05) is 6.07 Å². The Labute approximate surface area is 202 Å². The molecule has 0 bridgehead atoms. The van der Waals surface area contributed by atoms with Gasteiger partial charge in [0, 0.05) is 19.0 Å². The van der Waals surface area contributed by atoms with Crippen LogP contribution in [0.2, 0.25) is 0 Å². The number of phenolic OH excluding ortho intramolecular Hbond substituents is 1. The van der Waals surface area contributed by atoms with Gasteiger partial charge < -0.3 is 29.3 Å². The molecule has 0 fully saturated rings. The van der Waals surface area contributed by atoms with Crippen molar-refractivity contribution in [3.63, 3.8) is 0 Å². The number of hydrogen-bond acceptors (Lipinski definition) is 6. The van der Waals surface area contributed by atoms with Gasteiger partial charge in [0.2, 0.25) is 12.7 Å². The molecule has 2 N–H and O–H groups in total. The van der Waals surface area contributed by atoms with Gasteiger partial charge in [0.05, 0.1) is 7.11 Å². The van der Waals surface area contributed by atoms with Crippen LogP contribution in [0.5, 0.6) is 23.0 Å². The minimum Gasteiger partial charge on any atom is -0.508 e. The molecule has 0 spiro atoms. The number of benzene rings is 3. The number of fused-ring (bicyclic) bond motifs is 1. The van der Waals surface area contributed by atoms with E-state index in [0.717, 1.165) is 5.56 Å². The van der Waals surface area contributed by atoms with E-state index < -0.39 is 17.9 Å². The summed E-state index contributed by atoms with van der Waals surface area (Å²) in [6, 6.07) is 17.6. The summed E-state index contributed by atoms with van der Waals surface area (Å²) in [5.74, 6) is 0.312. The van der Waals surface area contributed by atoms with E-state index in [1.165, 1.54) is 23.1 Å². The molecule has 8 nitrogen and oxygen atoms in total. The van der Waals surface area contributed by atoms with Crippen molar-refractivity contribution in [2.45, 2.75) is 19.0 Å². The maximum absolute atomic E-state index is 13.3. The first kappa shape index (κ1) is 23.7. The standard InChI is InChI=1S/C27H25NO7/c1-33-22-4-2-3-20(13-22)16-28(23(27(31)32)14-18-5-9-21(29)10-6-18)26(30)12-8-19-7-11-24-25(15-19)35-17-34-24/h2-13,15,23,29H,14,16-17H2,1H3,(H,31,32)/b12-8+/t23-/m0/s1. The highest BCUT2D eigenvalue weighted by Crippen LogP contribution is 2.32. The fourth-order valence-electron chi connectivity index (χ4n) is 3.78. The van der Waals surface area contributed by atoms with Gasteiger partial charge in [-0.05, 0) is 59.2 Å². The first-order chi connectivity index (χ1) is 16.9. The van der Waals surface area contributed by atoms with E-state index in [4.69, 9.17) is 14.2 Å². The summed E-state index contributed by atoms with van der Waals surface area (Å²) in [7, 11) is 1.54. The Kier molecular flexibility index (Phi) is 7.21.